The molecule has 1 fully saturated rings. The van der Waals surface area contributed by atoms with E-state index in [4.69, 9.17) is 27.9 Å². The SMILES string of the molecule is COc1ccc(NC(=O)c2cc(S(=O)(=O)NC3CCCC3)c(Cl)cc2Cl)c([N+](=O)[O-])c1. The molecule has 1 amide bonds. The van der Waals surface area contributed by atoms with Crippen LogP contribution in [0.25, 0.3) is 0 Å². The van der Waals surface area contributed by atoms with E-state index in [-0.39, 0.29) is 38.0 Å². The zero-order valence-electron chi connectivity index (χ0n) is 16.4. The van der Waals surface area contributed by atoms with Crippen LogP contribution in [0.2, 0.25) is 10.0 Å². The number of nitrogens with one attached hydrogen (secondary N) is 2. The quantitative estimate of drug-likeness (QED) is 0.440. The van der Waals surface area contributed by atoms with Crippen LogP contribution < -0.4 is 14.8 Å². The van der Waals surface area contributed by atoms with Gasteiger partial charge >= 0.3 is 0 Å². The van der Waals surface area contributed by atoms with Gasteiger partial charge in [-0.2, -0.15) is 0 Å². The van der Waals surface area contributed by atoms with E-state index >= 15 is 0 Å². The fraction of sp³-hybridized carbons (Fsp3) is 0.316. The summed E-state index contributed by atoms with van der Waals surface area (Å²) >= 11 is 12.2. The van der Waals surface area contributed by atoms with Crippen molar-refractivity contribution in [2.45, 2.75) is 36.6 Å². The number of nitro groups is 1. The second-order valence-corrected chi connectivity index (χ2v) is 9.46. The van der Waals surface area contributed by atoms with E-state index < -0.39 is 26.5 Å². The van der Waals surface area contributed by atoms with Crippen LogP contribution in [0, 0.1) is 10.1 Å². The first-order chi connectivity index (χ1) is 14.6. The van der Waals surface area contributed by atoms with Crippen molar-refractivity contribution in [1.29, 1.82) is 0 Å². The Bertz CT molecular complexity index is 1130. The maximum absolute atomic E-state index is 12.8. The molecule has 0 spiro atoms. The number of nitro benzene ring substituents is 1. The van der Waals surface area contributed by atoms with Crippen LogP contribution >= 0.6 is 23.2 Å². The van der Waals surface area contributed by atoms with Crippen LogP contribution in [-0.4, -0.2) is 32.4 Å². The number of methoxy groups -OCH3 is 1. The highest BCUT2D eigenvalue weighted by molar-refractivity contribution is 7.89. The second-order valence-electron chi connectivity index (χ2n) is 6.96. The minimum atomic E-state index is -4.00. The Morgan fingerprint density at radius 2 is 1.84 bits per heavy atom. The number of carbonyl (C=O) groups is 1. The Kier molecular flexibility index (Phi) is 7.05. The van der Waals surface area contributed by atoms with Crippen LogP contribution in [0.15, 0.2) is 35.2 Å². The van der Waals surface area contributed by atoms with Gasteiger partial charge in [0.15, 0.2) is 0 Å². The molecule has 0 atom stereocenters. The average molecular weight is 488 g/mol. The van der Waals surface area contributed by atoms with Crippen molar-refractivity contribution in [3.63, 3.8) is 0 Å². The van der Waals surface area contributed by atoms with Gasteiger partial charge in [-0.05, 0) is 37.1 Å². The summed E-state index contributed by atoms with van der Waals surface area (Å²) in [6, 6.07) is 5.92. The monoisotopic (exact) mass is 487 g/mol. The zero-order chi connectivity index (χ0) is 22.8. The topological polar surface area (TPSA) is 128 Å². The van der Waals surface area contributed by atoms with Gasteiger partial charge < -0.3 is 10.1 Å². The first-order valence-electron chi connectivity index (χ1n) is 9.27. The van der Waals surface area contributed by atoms with Gasteiger partial charge in [0.2, 0.25) is 10.0 Å². The average Bonchev–Trinajstić information content (AvgIpc) is 3.20. The highest BCUT2D eigenvalue weighted by atomic mass is 35.5. The van der Waals surface area contributed by atoms with Crippen molar-refractivity contribution in [1.82, 2.24) is 4.72 Å². The van der Waals surface area contributed by atoms with Crippen LogP contribution in [0.3, 0.4) is 0 Å². The van der Waals surface area contributed by atoms with Gasteiger partial charge in [0.1, 0.15) is 16.3 Å². The molecular formula is C19H19Cl2N3O6S. The molecule has 0 bridgehead atoms. The molecule has 166 valence electrons. The molecule has 1 aliphatic rings. The maximum atomic E-state index is 12.8. The lowest BCUT2D eigenvalue weighted by Gasteiger charge is -2.15. The Labute approximate surface area is 188 Å². The fourth-order valence-electron chi connectivity index (χ4n) is 3.32. The van der Waals surface area contributed by atoms with Crippen molar-refractivity contribution in [2.75, 3.05) is 12.4 Å². The van der Waals surface area contributed by atoms with Gasteiger partial charge in [0, 0.05) is 6.04 Å². The van der Waals surface area contributed by atoms with Crippen LogP contribution in [0.4, 0.5) is 11.4 Å². The summed E-state index contributed by atoms with van der Waals surface area (Å²) in [4.78, 5) is 23.2. The minimum absolute atomic E-state index is 0.0986. The standard InChI is InChI=1S/C19H19Cl2N3O6S/c1-30-12-6-7-16(17(8-12)24(26)27)22-19(25)13-9-18(15(21)10-14(13)20)31(28,29)23-11-4-2-3-5-11/h6-11,23H,2-5H2,1H3,(H,22,25). The molecule has 0 saturated heterocycles. The number of amides is 1. The minimum Gasteiger partial charge on any atom is -0.496 e. The number of halogens is 2. The molecule has 31 heavy (non-hydrogen) atoms. The predicted molar refractivity (Wildman–Crippen MR) is 117 cm³/mol. The summed E-state index contributed by atoms with van der Waals surface area (Å²) in [5.41, 5.74) is -0.688. The first-order valence-corrected chi connectivity index (χ1v) is 11.5. The number of hydrogen-bond donors (Lipinski definition) is 2. The molecule has 2 aromatic carbocycles. The molecule has 0 aliphatic heterocycles. The number of ether oxygens (including phenoxy) is 1. The van der Waals surface area contributed by atoms with Crippen molar-refractivity contribution in [3.05, 3.63) is 56.1 Å². The summed E-state index contributed by atoms with van der Waals surface area (Å²) in [6.45, 7) is 0. The molecule has 0 unspecified atom stereocenters. The van der Waals surface area contributed by atoms with E-state index in [1.807, 2.05) is 0 Å². The van der Waals surface area contributed by atoms with Crippen molar-refractivity contribution in [3.8, 4) is 5.75 Å². The highest BCUT2D eigenvalue weighted by Gasteiger charge is 2.27. The van der Waals surface area contributed by atoms with E-state index in [1.54, 1.807) is 0 Å². The molecule has 2 N–H and O–H groups in total. The lowest BCUT2D eigenvalue weighted by atomic mass is 10.2. The van der Waals surface area contributed by atoms with Crippen LogP contribution in [0.1, 0.15) is 36.0 Å². The molecule has 1 aliphatic carbocycles. The van der Waals surface area contributed by atoms with E-state index in [2.05, 4.69) is 10.0 Å². The number of nitrogens with zero attached hydrogens (tertiary/aromatic N) is 1. The summed E-state index contributed by atoms with van der Waals surface area (Å²) in [6.07, 6.45) is 3.30. The first kappa shape index (κ1) is 23.3. The normalized spacial score (nSPS) is 14.4. The maximum Gasteiger partial charge on any atom is 0.296 e. The number of benzene rings is 2. The van der Waals surface area contributed by atoms with E-state index in [9.17, 15) is 23.3 Å². The molecule has 0 aromatic heterocycles. The Balaban J connectivity index is 1.93. The van der Waals surface area contributed by atoms with Crippen LogP contribution in [0.5, 0.6) is 5.75 Å². The van der Waals surface area contributed by atoms with Gasteiger partial charge in [0.05, 0.1) is 33.7 Å². The van der Waals surface area contributed by atoms with Gasteiger partial charge in [-0.25, -0.2) is 13.1 Å². The smallest absolute Gasteiger partial charge is 0.296 e. The molecule has 12 heteroatoms. The molecule has 0 heterocycles. The van der Waals surface area contributed by atoms with Crippen LogP contribution in [-0.2, 0) is 10.0 Å². The lowest BCUT2D eigenvalue weighted by molar-refractivity contribution is -0.384. The summed E-state index contributed by atoms with van der Waals surface area (Å²) in [7, 11) is -2.64. The Hall–Kier alpha value is -2.40. The molecular weight excluding hydrogens is 469 g/mol. The Morgan fingerprint density at radius 1 is 1.16 bits per heavy atom. The predicted octanol–water partition coefficient (Wildman–Crippen LogP) is 4.38. The van der Waals surface area contributed by atoms with E-state index in [0.717, 1.165) is 43.9 Å². The number of carbonyl (C=O) groups excluding carboxylic acids is 1. The van der Waals surface area contributed by atoms with Crippen molar-refractivity contribution >= 4 is 50.5 Å². The third-order valence-corrected chi connectivity index (χ3v) is 7.18. The fourth-order valence-corrected chi connectivity index (χ4v) is 5.48. The highest BCUT2D eigenvalue weighted by Crippen LogP contribution is 2.33. The molecule has 3 rings (SSSR count). The van der Waals surface area contributed by atoms with Gasteiger partial charge in [-0.1, -0.05) is 36.0 Å². The Morgan fingerprint density at radius 3 is 2.45 bits per heavy atom. The molecule has 2 aromatic rings. The number of hydrogen-bond acceptors (Lipinski definition) is 6. The van der Waals surface area contributed by atoms with Crippen molar-refractivity contribution in [2.24, 2.45) is 0 Å². The third kappa shape index (κ3) is 5.27. The molecule has 0 radical (unpaired) electrons. The lowest BCUT2D eigenvalue weighted by Crippen LogP contribution is -2.33. The second kappa shape index (κ2) is 9.39. The summed E-state index contributed by atoms with van der Waals surface area (Å²) in [5.74, 6) is -0.590. The van der Waals surface area contributed by atoms with Crippen molar-refractivity contribution < 1.29 is 22.9 Å². The summed E-state index contributed by atoms with van der Waals surface area (Å²) < 4.78 is 33.1. The van der Waals surface area contributed by atoms with Gasteiger partial charge in [-0.15, -0.1) is 0 Å². The van der Waals surface area contributed by atoms with Gasteiger partial charge in [0.25, 0.3) is 11.6 Å². The molecule has 1 saturated carbocycles. The number of sulfonamides is 1. The number of rotatable bonds is 7. The van der Waals surface area contributed by atoms with Gasteiger partial charge in [-0.3, -0.25) is 14.9 Å². The largest absolute Gasteiger partial charge is 0.496 e. The third-order valence-electron chi connectivity index (χ3n) is 4.88. The molecule has 9 nitrogen and oxygen atoms in total. The van der Waals surface area contributed by atoms with E-state index in [1.165, 1.54) is 19.2 Å². The number of anilines is 1. The van der Waals surface area contributed by atoms with E-state index in [0.29, 0.717) is 0 Å². The zero-order valence-corrected chi connectivity index (χ0v) is 18.7. The summed E-state index contributed by atoms with van der Waals surface area (Å²) in [5, 5.41) is 13.5.